The summed E-state index contributed by atoms with van der Waals surface area (Å²) < 4.78 is 1.65. The van der Waals surface area contributed by atoms with Gasteiger partial charge in [-0.25, -0.2) is 4.68 Å². The number of hydrogen-bond donors (Lipinski definition) is 1. The number of para-hydroxylation sites is 1. The number of fused-ring (bicyclic) bond motifs is 1. The van der Waals surface area contributed by atoms with Crippen molar-refractivity contribution in [2.75, 3.05) is 5.73 Å². The fraction of sp³-hybridized carbons (Fsp3) is 0. The summed E-state index contributed by atoms with van der Waals surface area (Å²) in [6.07, 6.45) is 0. The number of hydrogen-bond acceptors (Lipinski definition) is 3. The van der Waals surface area contributed by atoms with E-state index < -0.39 is 0 Å². The lowest BCUT2D eigenvalue weighted by atomic mass is 10.2. The van der Waals surface area contributed by atoms with Crippen LogP contribution in [0, 0.1) is 0 Å². The van der Waals surface area contributed by atoms with Crippen molar-refractivity contribution in [3.8, 4) is 5.69 Å². The highest BCUT2D eigenvalue weighted by Gasteiger charge is 2.11. The third kappa shape index (κ3) is 1.70. The van der Waals surface area contributed by atoms with E-state index in [-0.39, 0.29) is 0 Å². The Kier molecular flexibility index (Phi) is 2.61. The molecule has 0 spiro atoms. The first-order chi connectivity index (χ1) is 8.66. The molecule has 18 heavy (non-hydrogen) atoms. The number of nitrogens with zero attached hydrogens (tertiary/aromatic N) is 3. The molecular weight excluding hydrogens is 271 g/mol. The van der Waals surface area contributed by atoms with Crippen molar-refractivity contribution in [1.29, 1.82) is 0 Å². The van der Waals surface area contributed by atoms with Crippen LogP contribution in [-0.2, 0) is 0 Å². The molecule has 90 valence electrons. The van der Waals surface area contributed by atoms with Crippen molar-refractivity contribution < 1.29 is 0 Å². The number of anilines is 1. The molecule has 0 aliphatic rings. The van der Waals surface area contributed by atoms with Gasteiger partial charge in [-0.15, -0.1) is 5.10 Å². The average Bonchev–Trinajstić information content (AvgIpc) is 2.78. The molecule has 3 rings (SSSR count). The minimum Gasteiger partial charge on any atom is -0.397 e. The molecule has 6 heteroatoms. The van der Waals surface area contributed by atoms with Gasteiger partial charge in [0.15, 0.2) is 0 Å². The fourth-order valence-corrected chi connectivity index (χ4v) is 2.11. The van der Waals surface area contributed by atoms with Crippen LogP contribution in [-0.4, -0.2) is 15.0 Å². The third-order valence-corrected chi connectivity index (χ3v) is 3.37. The number of halogens is 2. The fourth-order valence-electron chi connectivity index (χ4n) is 1.78. The van der Waals surface area contributed by atoms with Crippen molar-refractivity contribution >= 4 is 39.9 Å². The highest BCUT2D eigenvalue weighted by atomic mass is 35.5. The molecule has 0 aliphatic heterocycles. The van der Waals surface area contributed by atoms with E-state index in [9.17, 15) is 0 Å². The van der Waals surface area contributed by atoms with Crippen molar-refractivity contribution in [3.63, 3.8) is 0 Å². The molecule has 2 N–H and O–H groups in total. The van der Waals surface area contributed by atoms with Crippen LogP contribution >= 0.6 is 23.2 Å². The largest absolute Gasteiger partial charge is 0.397 e. The SMILES string of the molecule is Nc1cc(Cl)c(Cl)cc1-n1nnc2ccccc21. The normalized spacial score (nSPS) is 11.0. The third-order valence-electron chi connectivity index (χ3n) is 2.65. The van der Waals surface area contributed by atoms with Gasteiger partial charge < -0.3 is 5.73 Å². The molecule has 3 aromatic rings. The van der Waals surface area contributed by atoms with Crippen LogP contribution in [0.2, 0.25) is 10.0 Å². The van der Waals surface area contributed by atoms with Gasteiger partial charge >= 0.3 is 0 Å². The van der Waals surface area contributed by atoms with Gasteiger partial charge in [0.2, 0.25) is 0 Å². The average molecular weight is 279 g/mol. The Morgan fingerprint density at radius 3 is 2.61 bits per heavy atom. The first-order valence-corrected chi connectivity index (χ1v) is 5.98. The second kappa shape index (κ2) is 4.15. The number of benzene rings is 2. The molecule has 0 radical (unpaired) electrons. The van der Waals surface area contributed by atoms with E-state index in [1.807, 2.05) is 24.3 Å². The van der Waals surface area contributed by atoms with E-state index in [2.05, 4.69) is 10.3 Å². The number of aromatic nitrogens is 3. The Labute approximate surface area is 113 Å². The zero-order valence-corrected chi connectivity index (χ0v) is 10.7. The molecule has 2 aromatic carbocycles. The Morgan fingerprint density at radius 1 is 1.06 bits per heavy atom. The van der Waals surface area contributed by atoms with Crippen LogP contribution in [0.4, 0.5) is 5.69 Å². The van der Waals surface area contributed by atoms with Crippen molar-refractivity contribution in [3.05, 3.63) is 46.4 Å². The van der Waals surface area contributed by atoms with E-state index in [4.69, 9.17) is 28.9 Å². The molecule has 0 saturated carbocycles. The lowest BCUT2D eigenvalue weighted by molar-refractivity contribution is 0.826. The summed E-state index contributed by atoms with van der Waals surface area (Å²) in [6.45, 7) is 0. The van der Waals surface area contributed by atoms with Crippen LogP contribution < -0.4 is 5.73 Å². The van der Waals surface area contributed by atoms with Gasteiger partial charge in [0.1, 0.15) is 5.52 Å². The minimum absolute atomic E-state index is 0.419. The minimum atomic E-state index is 0.419. The second-order valence-electron chi connectivity index (χ2n) is 3.82. The topological polar surface area (TPSA) is 56.7 Å². The zero-order chi connectivity index (χ0) is 12.7. The van der Waals surface area contributed by atoms with E-state index >= 15 is 0 Å². The molecule has 0 amide bonds. The van der Waals surface area contributed by atoms with Gasteiger partial charge in [-0.3, -0.25) is 0 Å². The van der Waals surface area contributed by atoms with Crippen molar-refractivity contribution in [2.45, 2.75) is 0 Å². The summed E-state index contributed by atoms with van der Waals surface area (Å²) in [6, 6.07) is 10.9. The second-order valence-corrected chi connectivity index (χ2v) is 4.63. The van der Waals surface area contributed by atoms with Gasteiger partial charge in [0.25, 0.3) is 0 Å². The van der Waals surface area contributed by atoms with Crippen LogP contribution in [0.1, 0.15) is 0 Å². The maximum atomic E-state index is 6.00. The molecule has 0 atom stereocenters. The lowest BCUT2D eigenvalue weighted by Gasteiger charge is -2.07. The number of nitrogens with two attached hydrogens (primary N) is 1. The van der Waals surface area contributed by atoms with Gasteiger partial charge in [0, 0.05) is 0 Å². The summed E-state index contributed by atoms with van der Waals surface area (Å²) in [4.78, 5) is 0. The van der Waals surface area contributed by atoms with Crippen molar-refractivity contribution in [1.82, 2.24) is 15.0 Å². The molecule has 0 bridgehead atoms. The molecule has 0 aliphatic carbocycles. The van der Waals surface area contributed by atoms with Gasteiger partial charge in [-0.05, 0) is 24.3 Å². The molecule has 0 saturated heterocycles. The van der Waals surface area contributed by atoms with E-state index in [0.29, 0.717) is 21.4 Å². The first kappa shape index (κ1) is 11.3. The van der Waals surface area contributed by atoms with Gasteiger partial charge in [-0.2, -0.15) is 0 Å². The number of rotatable bonds is 1. The molecule has 4 nitrogen and oxygen atoms in total. The standard InChI is InChI=1S/C12H8Cl2N4/c13-7-5-9(15)12(6-8(7)14)18-11-4-2-1-3-10(11)16-17-18/h1-6H,15H2. The monoisotopic (exact) mass is 278 g/mol. The van der Waals surface area contributed by atoms with Crippen LogP contribution in [0.5, 0.6) is 0 Å². The predicted molar refractivity (Wildman–Crippen MR) is 73.3 cm³/mol. The van der Waals surface area contributed by atoms with E-state index in [1.165, 1.54) is 0 Å². The Morgan fingerprint density at radius 2 is 1.78 bits per heavy atom. The molecular formula is C12H8Cl2N4. The highest BCUT2D eigenvalue weighted by molar-refractivity contribution is 6.42. The van der Waals surface area contributed by atoms with Gasteiger partial charge in [-0.1, -0.05) is 40.5 Å². The maximum absolute atomic E-state index is 6.00. The summed E-state index contributed by atoms with van der Waals surface area (Å²) >= 11 is 11.9. The molecule has 0 unspecified atom stereocenters. The van der Waals surface area contributed by atoms with Crippen LogP contribution in [0.15, 0.2) is 36.4 Å². The molecule has 1 aromatic heterocycles. The maximum Gasteiger partial charge on any atom is 0.113 e. The first-order valence-electron chi connectivity index (χ1n) is 5.22. The Balaban J connectivity index is 2.29. The summed E-state index contributed by atoms with van der Waals surface area (Å²) in [7, 11) is 0. The van der Waals surface area contributed by atoms with Crippen molar-refractivity contribution in [2.24, 2.45) is 0 Å². The lowest BCUT2D eigenvalue weighted by Crippen LogP contribution is -2.01. The molecule has 0 fully saturated rings. The van der Waals surface area contributed by atoms with Crippen LogP contribution in [0.3, 0.4) is 0 Å². The van der Waals surface area contributed by atoms with Gasteiger partial charge in [0.05, 0.1) is 26.9 Å². The van der Waals surface area contributed by atoms with Crippen LogP contribution in [0.25, 0.3) is 16.7 Å². The summed E-state index contributed by atoms with van der Waals surface area (Å²) in [5.41, 5.74) is 8.76. The Hall–Kier alpha value is -1.78. The number of nitrogen functional groups attached to an aromatic ring is 1. The van der Waals surface area contributed by atoms with E-state index in [0.717, 1.165) is 11.0 Å². The highest BCUT2D eigenvalue weighted by Crippen LogP contribution is 2.30. The summed E-state index contributed by atoms with van der Waals surface area (Å²) in [5, 5.41) is 9.00. The molecule has 1 heterocycles. The quantitative estimate of drug-likeness (QED) is 0.695. The summed E-state index contributed by atoms with van der Waals surface area (Å²) in [5.74, 6) is 0. The Bertz CT molecular complexity index is 736. The smallest absolute Gasteiger partial charge is 0.113 e. The predicted octanol–water partition coefficient (Wildman–Crippen LogP) is 3.31. The van der Waals surface area contributed by atoms with E-state index in [1.54, 1.807) is 16.8 Å². The zero-order valence-electron chi connectivity index (χ0n) is 9.14.